The topological polar surface area (TPSA) is 98.7 Å². The number of aliphatic hydroxyl groups excluding tert-OH is 2. The lowest BCUT2D eigenvalue weighted by atomic mass is 10.2. The van der Waals surface area contributed by atoms with Crippen LogP contribution in [0.3, 0.4) is 0 Å². The molecule has 0 rings (SSSR count). The molecule has 6 nitrogen and oxygen atoms in total. The van der Waals surface area contributed by atoms with Gasteiger partial charge in [0.25, 0.3) is 0 Å². The second kappa shape index (κ2) is 16.2. The molecule has 0 spiro atoms. The van der Waals surface area contributed by atoms with Gasteiger partial charge in [0, 0.05) is 39.1 Å². The van der Waals surface area contributed by atoms with Gasteiger partial charge in [0.1, 0.15) is 0 Å². The average Bonchev–Trinajstić information content (AvgIpc) is 2.50. The zero-order valence-electron chi connectivity index (χ0n) is 13.6. The van der Waals surface area contributed by atoms with E-state index in [1.165, 1.54) is 0 Å². The summed E-state index contributed by atoms with van der Waals surface area (Å²) in [6.07, 6.45) is 7.80. The van der Waals surface area contributed by atoms with Gasteiger partial charge in [-0.15, -0.1) is 0 Å². The molecule has 0 saturated heterocycles. The van der Waals surface area contributed by atoms with Crippen LogP contribution in [0.2, 0.25) is 0 Å². The number of hydrogen-bond acceptors (Lipinski definition) is 4. The molecule has 0 fully saturated rings. The van der Waals surface area contributed by atoms with Gasteiger partial charge in [-0.05, 0) is 38.5 Å². The molecule has 0 heterocycles. The van der Waals surface area contributed by atoms with Gasteiger partial charge in [0.2, 0.25) is 11.8 Å². The van der Waals surface area contributed by atoms with Crippen molar-refractivity contribution in [3.63, 3.8) is 0 Å². The summed E-state index contributed by atoms with van der Waals surface area (Å²) in [4.78, 5) is 22.8. The van der Waals surface area contributed by atoms with Crippen molar-refractivity contribution in [1.82, 2.24) is 10.6 Å². The molecule has 2 amide bonds. The lowest BCUT2D eigenvalue weighted by Gasteiger charge is -2.06. The van der Waals surface area contributed by atoms with Crippen LogP contribution in [-0.4, -0.2) is 48.3 Å². The maximum Gasteiger partial charge on any atom is 0.219 e. The molecule has 0 aromatic carbocycles. The molecule has 0 bridgehead atoms. The number of unbranched alkanes of at least 4 members (excludes halogenated alkanes) is 5. The second-order valence-electron chi connectivity index (χ2n) is 5.48. The Labute approximate surface area is 133 Å². The summed E-state index contributed by atoms with van der Waals surface area (Å²) in [7, 11) is 0. The van der Waals surface area contributed by atoms with E-state index in [9.17, 15) is 9.59 Å². The first-order valence-corrected chi connectivity index (χ1v) is 8.45. The van der Waals surface area contributed by atoms with Crippen molar-refractivity contribution in [2.75, 3.05) is 26.3 Å². The Balaban J connectivity index is 3.23. The van der Waals surface area contributed by atoms with Crippen LogP contribution < -0.4 is 10.6 Å². The van der Waals surface area contributed by atoms with Crippen molar-refractivity contribution in [3.8, 4) is 0 Å². The molecule has 0 unspecified atom stereocenters. The minimum absolute atomic E-state index is 0.0589. The molecule has 130 valence electrons. The number of amides is 2. The van der Waals surface area contributed by atoms with E-state index in [1.807, 2.05) is 0 Å². The van der Waals surface area contributed by atoms with Gasteiger partial charge < -0.3 is 20.8 Å². The largest absolute Gasteiger partial charge is 0.396 e. The Morgan fingerprint density at radius 1 is 0.591 bits per heavy atom. The monoisotopic (exact) mass is 316 g/mol. The highest BCUT2D eigenvalue weighted by Crippen LogP contribution is 2.00. The number of carbonyl (C=O) groups is 2. The van der Waals surface area contributed by atoms with E-state index in [0.29, 0.717) is 38.8 Å². The molecule has 0 saturated carbocycles. The normalized spacial score (nSPS) is 10.5. The van der Waals surface area contributed by atoms with Crippen molar-refractivity contribution < 1.29 is 19.8 Å². The summed E-state index contributed by atoms with van der Waals surface area (Å²) in [5.74, 6) is 0.118. The Morgan fingerprint density at radius 3 is 1.36 bits per heavy atom. The zero-order chi connectivity index (χ0) is 16.5. The third kappa shape index (κ3) is 15.3. The number of nitrogens with one attached hydrogen (secondary N) is 2. The van der Waals surface area contributed by atoms with Gasteiger partial charge in [-0.3, -0.25) is 9.59 Å². The molecule has 0 radical (unpaired) electrons. The second-order valence-corrected chi connectivity index (χ2v) is 5.48. The molecule has 6 heteroatoms. The summed E-state index contributed by atoms with van der Waals surface area (Å²) >= 11 is 0. The zero-order valence-corrected chi connectivity index (χ0v) is 13.6. The van der Waals surface area contributed by atoms with Crippen molar-refractivity contribution in [1.29, 1.82) is 0 Å². The molecule has 0 aromatic heterocycles. The van der Waals surface area contributed by atoms with E-state index >= 15 is 0 Å². The van der Waals surface area contributed by atoms with Crippen LogP contribution in [0.25, 0.3) is 0 Å². The van der Waals surface area contributed by atoms with Gasteiger partial charge in [0.15, 0.2) is 0 Å². The molecular weight excluding hydrogens is 284 g/mol. The van der Waals surface area contributed by atoms with Crippen LogP contribution in [0.15, 0.2) is 0 Å². The first kappa shape index (κ1) is 20.9. The van der Waals surface area contributed by atoms with E-state index in [-0.39, 0.29) is 25.0 Å². The molecular formula is C16H32N2O4. The lowest BCUT2D eigenvalue weighted by Crippen LogP contribution is -2.25. The van der Waals surface area contributed by atoms with Crippen LogP contribution >= 0.6 is 0 Å². The Kier molecular flexibility index (Phi) is 15.4. The third-order valence-electron chi connectivity index (χ3n) is 3.37. The predicted octanol–water partition coefficient (Wildman–Crippen LogP) is 1.10. The highest BCUT2D eigenvalue weighted by atomic mass is 16.3. The first-order valence-electron chi connectivity index (χ1n) is 8.45. The Morgan fingerprint density at radius 2 is 1.00 bits per heavy atom. The Hall–Kier alpha value is -1.14. The molecule has 0 atom stereocenters. The smallest absolute Gasteiger partial charge is 0.219 e. The fourth-order valence-electron chi connectivity index (χ4n) is 2.03. The molecule has 0 aliphatic carbocycles. The summed E-state index contributed by atoms with van der Waals surface area (Å²) in [6.45, 7) is 1.69. The maximum atomic E-state index is 11.4. The van der Waals surface area contributed by atoms with Crippen molar-refractivity contribution in [3.05, 3.63) is 0 Å². The van der Waals surface area contributed by atoms with Crippen LogP contribution in [-0.2, 0) is 9.59 Å². The number of carbonyl (C=O) groups excluding carboxylic acids is 2. The van der Waals surface area contributed by atoms with Crippen molar-refractivity contribution >= 4 is 11.8 Å². The van der Waals surface area contributed by atoms with E-state index in [1.54, 1.807) is 0 Å². The maximum absolute atomic E-state index is 11.4. The van der Waals surface area contributed by atoms with E-state index < -0.39 is 0 Å². The van der Waals surface area contributed by atoms with E-state index in [4.69, 9.17) is 10.2 Å². The van der Waals surface area contributed by atoms with Crippen molar-refractivity contribution in [2.24, 2.45) is 0 Å². The van der Waals surface area contributed by atoms with E-state index in [0.717, 1.165) is 38.5 Å². The van der Waals surface area contributed by atoms with E-state index in [2.05, 4.69) is 10.6 Å². The first-order chi connectivity index (χ1) is 10.7. The highest BCUT2D eigenvalue weighted by molar-refractivity contribution is 5.76. The van der Waals surface area contributed by atoms with Crippen LogP contribution in [0, 0.1) is 0 Å². The summed E-state index contributed by atoms with van der Waals surface area (Å²) in [5.41, 5.74) is 0. The van der Waals surface area contributed by atoms with Crippen LogP contribution in [0.1, 0.15) is 64.2 Å². The van der Waals surface area contributed by atoms with Crippen molar-refractivity contribution in [2.45, 2.75) is 64.2 Å². The van der Waals surface area contributed by atoms with Crippen LogP contribution in [0.4, 0.5) is 0 Å². The number of hydrogen-bond donors (Lipinski definition) is 4. The quantitative estimate of drug-likeness (QED) is 0.340. The lowest BCUT2D eigenvalue weighted by molar-refractivity contribution is -0.122. The van der Waals surface area contributed by atoms with Gasteiger partial charge in [-0.1, -0.05) is 12.8 Å². The number of aliphatic hydroxyl groups is 2. The fourth-order valence-corrected chi connectivity index (χ4v) is 2.03. The summed E-state index contributed by atoms with van der Waals surface area (Å²) in [6, 6.07) is 0. The third-order valence-corrected chi connectivity index (χ3v) is 3.37. The summed E-state index contributed by atoms with van der Waals surface area (Å²) < 4.78 is 0. The number of rotatable bonds is 15. The standard InChI is InChI=1S/C16H32N2O4/c19-13-7-3-9-15(21)17-11-5-1-2-6-12-18-16(22)10-4-8-14-20/h19-20H,1-14H2,(H,17,21)(H,18,22). The molecule has 0 aliphatic rings. The highest BCUT2D eigenvalue weighted by Gasteiger charge is 2.01. The Bertz CT molecular complexity index is 257. The van der Waals surface area contributed by atoms with Gasteiger partial charge >= 0.3 is 0 Å². The minimum Gasteiger partial charge on any atom is -0.396 e. The minimum atomic E-state index is 0.0589. The predicted molar refractivity (Wildman–Crippen MR) is 86.4 cm³/mol. The molecule has 4 N–H and O–H groups in total. The van der Waals surface area contributed by atoms with Gasteiger partial charge in [0.05, 0.1) is 0 Å². The SMILES string of the molecule is O=C(CCCCO)NCCCCCCNC(=O)CCCCO. The average molecular weight is 316 g/mol. The molecule has 22 heavy (non-hydrogen) atoms. The molecule has 0 aliphatic heterocycles. The van der Waals surface area contributed by atoms with Crippen LogP contribution in [0.5, 0.6) is 0 Å². The fraction of sp³-hybridized carbons (Fsp3) is 0.875. The van der Waals surface area contributed by atoms with Gasteiger partial charge in [-0.25, -0.2) is 0 Å². The summed E-state index contributed by atoms with van der Waals surface area (Å²) in [5, 5.41) is 23.0. The molecule has 0 aromatic rings. The van der Waals surface area contributed by atoms with Gasteiger partial charge in [-0.2, -0.15) is 0 Å².